The van der Waals surface area contributed by atoms with Crippen LogP contribution in [0.5, 0.6) is 5.75 Å². The number of hydrogen-bond acceptors (Lipinski definition) is 2. The number of carbonyl (C=O) groups is 1. The van der Waals surface area contributed by atoms with Crippen LogP contribution in [-0.2, 0) is 0 Å². The molecular formula is C13H17NO2. The van der Waals surface area contributed by atoms with Gasteiger partial charge < -0.3 is 10.0 Å². The Morgan fingerprint density at radius 3 is 2.31 bits per heavy atom. The quantitative estimate of drug-likeness (QED) is 0.788. The van der Waals surface area contributed by atoms with E-state index < -0.39 is 0 Å². The lowest BCUT2D eigenvalue weighted by atomic mass is 10.1. The van der Waals surface area contributed by atoms with Gasteiger partial charge in [0.05, 0.1) is 5.56 Å². The third-order valence-corrected chi connectivity index (χ3v) is 3.03. The zero-order valence-electron chi connectivity index (χ0n) is 9.35. The van der Waals surface area contributed by atoms with Gasteiger partial charge in [0.2, 0.25) is 0 Å². The summed E-state index contributed by atoms with van der Waals surface area (Å²) in [6, 6.07) is 6.76. The van der Waals surface area contributed by atoms with Gasteiger partial charge in [0.25, 0.3) is 5.91 Å². The van der Waals surface area contributed by atoms with Crippen molar-refractivity contribution >= 4 is 5.91 Å². The molecule has 1 aromatic rings. The van der Waals surface area contributed by atoms with Gasteiger partial charge in [0.15, 0.2) is 0 Å². The molecule has 0 bridgehead atoms. The molecule has 1 saturated heterocycles. The fourth-order valence-corrected chi connectivity index (χ4v) is 2.10. The fraction of sp³-hybridized carbons (Fsp3) is 0.462. The third kappa shape index (κ3) is 2.35. The summed E-state index contributed by atoms with van der Waals surface area (Å²) in [5, 5.41) is 9.63. The van der Waals surface area contributed by atoms with Crippen molar-refractivity contribution in [2.45, 2.75) is 25.7 Å². The Morgan fingerprint density at radius 2 is 1.69 bits per heavy atom. The van der Waals surface area contributed by atoms with Gasteiger partial charge in [-0.25, -0.2) is 0 Å². The molecule has 2 rings (SSSR count). The summed E-state index contributed by atoms with van der Waals surface area (Å²) in [7, 11) is 0. The lowest BCUT2D eigenvalue weighted by Crippen LogP contribution is -2.31. The molecule has 0 aliphatic carbocycles. The van der Waals surface area contributed by atoms with E-state index in [0.29, 0.717) is 5.56 Å². The summed E-state index contributed by atoms with van der Waals surface area (Å²) < 4.78 is 0. The highest BCUT2D eigenvalue weighted by Crippen LogP contribution is 2.19. The molecule has 0 saturated carbocycles. The number of benzene rings is 1. The first kappa shape index (κ1) is 11.0. The summed E-state index contributed by atoms with van der Waals surface area (Å²) in [5.41, 5.74) is 0.421. The van der Waals surface area contributed by atoms with Crippen molar-refractivity contribution < 1.29 is 9.90 Å². The molecule has 16 heavy (non-hydrogen) atoms. The van der Waals surface area contributed by atoms with E-state index in [2.05, 4.69) is 0 Å². The number of phenolic OH excluding ortho intramolecular Hbond substituents is 1. The Hall–Kier alpha value is -1.51. The van der Waals surface area contributed by atoms with Crippen LogP contribution < -0.4 is 0 Å². The highest BCUT2D eigenvalue weighted by atomic mass is 16.3. The maximum atomic E-state index is 12.1. The van der Waals surface area contributed by atoms with E-state index in [0.717, 1.165) is 25.9 Å². The molecule has 1 amide bonds. The van der Waals surface area contributed by atoms with Crippen LogP contribution in [0.2, 0.25) is 0 Å². The number of aromatic hydroxyl groups is 1. The van der Waals surface area contributed by atoms with Crippen molar-refractivity contribution in [3.05, 3.63) is 29.8 Å². The van der Waals surface area contributed by atoms with Crippen LogP contribution in [0.15, 0.2) is 24.3 Å². The standard InChI is InChI=1S/C13H17NO2/c15-12-8-4-3-7-11(12)13(16)14-9-5-1-2-6-10-14/h3-4,7-8,15H,1-2,5-6,9-10H2. The van der Waals surface area contributed by atoms with Gasteiger partial charge >= 0.3 is 0 Å². The molecular weight excluding hydrogens is 202 g/mol. The summed E-state index contributed by atoms with van der Waals surface area (Å²) in [4.78, 5) is 14.0. The minimum atomic E-state index is -0.0417. The van der Waals surface area contributed by atoms with E-state index in [1.54, 1.807) is 24.3 Å². The summed E-state index contributed by atoms with van der Waals surface area (Å²) in [5.74, 6) is 0.0387. The number of hydrogen-bond donors (Lipinski definition) is 1. The van der Waals surface area contributed by atoms with Gasteiger partial charge in [-0.2, -0.15) is 0 Å². The fourth-order valence-electron chi connectivity index (χ4n) is 2.10. The lowest BCUT2D eigenvalue weighted by molar-refractivity contribution is 0.0758. The molecule has 1 aromatic carbocycles. The number of phenols is 1. The zero-order valence-corrected chi connectivity index (χ0v) is 9.35. The van der Waals surface area contributed by atoms with E-state index in [4.69, 9.17) is 0 Å². The summed E-state index contributed by atoms with van der Waals surface area (Å²) in [6.07, 6.45) is 4.54. The van der Waals surface area contributed by atoms with Crippen molar-refractivity contribution in [1.29, 1.82) is 0 Å². The summed E-state index contributed by atoms with van der Waals surface area (Å²) in [6.45, 7) is 1.63. The Kier molecular flexibility index (Phi) is 3.44. The number of amides is 1. The Morgan fingerprint density at radius 1 is 1.06 bits per heavy atom. The second-order valence-corrected chi connectivity index (χ2v) is 4.22. The van der Waals surface area contributed by atoms with E-state index in [1.807, 2.05) is 4.90 Å². The second kappa shape index (κ2) is 5.01. The third-order valence-electron chi connectivity index (χ3n) is 3.03. The predicted octanol–water partition coefficient (Wildman–Crippen LogP) is 2.41. The first-order valence-electron chi connectivity index (χ1n) is 5.86. The van der Waals surface area contributed by atoms with Crippen LogP contribution in [0.4, 0.5) is 0 Å². The molecule has 3 nitrogen and oxygen atoms in total. The maximum absolute atomic E-state index is 12.1. The Labute approximate surface area is 95.7 Å². The van der Waals surface area contributed by atoms with E-state index >= 15 is 0 Å². The number of likely N-dealkylation sites (tertiary alicyclic amines) is 1. The Bertz CT molecular complexity index is 368. The molecule has 0 aromatic heterocycles. The lowest BCUT2D eigenvalue weighted by Gasteiger charge is -2.20. The molecule has 0 atom stereocenters. The van der Waals surface area contributed by atoms with Crippen LogP contribution in [0.1, 0.15) is 36.0 Å². The van der Waals surface area contributed by atoms with E-state index in [-0.39, 0.29) is 11.7 Å². The number of nitrogens with zero attached hydrogens (tertiary/aromatic N) is 1. The number of carbonyl (C=O) groups excluding carboxylic acids is 1. The van der Waals surface area contributed by atoms with Crippen molar-refractivity contribution in [3.63, 3.8) is 0 Å². The van der Waals surface area contributed by atoms with Gasteiger partial charge in [-0.1, -0.05) is 25.0 Å². The largest absolute Gasteiger partial charge is 0.507 e. The van der Waals surface area contributed by atoms with Crippen LogP contribution in [0.25, 0.3) is 0 Å². The highest BCUT2D eigenvalue weighted by molar-refractivity contribution is 5.96. The number of rotatable bonds is 1. The van der Waals surface area contributed by atoms with Crippen LogP contribution in [0, 0.1) is 0 Å². The van der Waals surface area contributed by atoms with Gasteiger partial charge in [-0.05, 0) is 25.0 Å². The molecule has 0 radical (unpaired) electrons. The van der Waals surface area contributed by atoms with Crippen molar-refractivity contribution in [2.75, 3.05) is 13.1 Å². The van der Waals surface area contributed by atoms with Crippen molar-refractivity contribution in [2.24, 2.45) is 0 Å². The normalized spacial score (nSPS) is 16.9. The van der Waals surface area contributed by atoms with Gasteiger partial charge in [-0.15, -0.1) is 0 Å². The first-order chi connectivity index (χ1) is 7.79. The molecule has 1 heterocycles. The average Bonchev–Trinajstić information content (AvgIpc) is 2.57. The molecule has 1 N–H and O–H groups in total. The monoisotopic (exact) mass is 219 g/mol. The minimum absolute atomic E-state index is 0.0417. The predicted molar refractivity (Wildman–Crippen MR) is 62.5 cm³/mol. The molecule has 1 fully saturated rings. The van der Waals surface area contributed by atoms with Gasteiger partial charge in [-0.3, -0.25) is 4.79 Å². The first-order valence-corrected chi connectivity index (χ1v) is 5.86. The highest BCUT2D eigenvalue weighted by Gasteiger charge is 2.19. The Balaban J connectivity index is 2.14. The zero-order chi connectivity index (χ0) is 11.4. The smallest absolute Gasteiger partial charge is 0.257 e. The molecule has 0 unspecified atom stereocenters. The van der Waals surface area contributed by atoms with Crippen molar-refractivity contribution in [3.8, 4) is 5.75 Å². The number of para-hydroxylation sites is 1. The summed E-state index contributed by atoms with van der Waals surface area (Å²) >= 11 is 0. The van der Waals surface area contributed by atoms with E-state index in [9.17, 15) is 9.90 Å². The molecule has 1 aliphatic heterocycles. The molecule has 3 heteroatoms. The maximum Gasteiger partial charge on any atom is 0.257 e. The molecule has 1 aliphatic rings. The van der Waals surface area contributed by atoms with Crippen LogP contribution in [0.3, 0.4) is 0 Å². The molecule has 86 valence electrons. The minimum Gasteiger partial charge on any atom is -0.507 e. The van der Waals surface area contributed by atoms with Gasteiger partial charge in [0, 0.05) is 13.1 Å². The second-order valence-electron chi connectivity index (χ2n) is 4.22. The SMILES string of the molecule is O=C(c1ccccc1O)N1CCCCCC1. The van der Waals surface area contributed by atoms with E-state index in [1.165, 1.54) is 12.8 Å². The van der Waals surface area contributed by atoms with Crippen LogP contribution in [-0.4, -0.2) is 29.0 Å². The van der Waals surface area contributed by atoms with Crippen molar-refractivity contribution in [1.82, 2.24) is 4.90 Å². The average molecular weight is 219 g/mol. The molecule has 0 spiro atoms. The topological polar surface area (TPSA) is 40.5 Å². The van der Waals surface area contributed by atoms with Crippen LogP contribution >= 0.6 is 0 Å². The van der Waals surface area contributed by atoms with Gasteiger partial charge in [0.1, 0.15) is 5.75 Å².